The molecule has 1 aromatic carbocycles. The highest BCUT2D eigenvalue weighted by Crippen LogP contribution is 2.37. The van der Waals surface area contributed by atoms with Crippen LogP contribution < -0.4 is 0 Å². The van der Waals surface area contributed by atoms with E-state index < -0.39 is 46.1 Å². The van der Waals surface area contributed by atoms with Crippen LogP contribution in [-0.4, -0.2) is 51.0 Å². The van der Waals surface area contributed by atoms with Gasteiger partial charge in [-0.2, -0.15) is 13.7 Å². The molecule has 0 aliphatic carbocycles. The molecule has 2 fully saturated rings. The maximum atomic E-state index is 12.7. The van der Waals surface area contributed by atoms with Gasteiger partial charge >= 0.3 is 0 Å². The summed E-state index contributed by atoms with van der Waals surface area (Å²) in [5.74, 6) is -1.99. The number of aryl methyl sites for hydroxylation is 1. The SMILES string of the molecule is Cc1ccc(S(=O)(=O)O[C@@H]2COC(C)(C)O[C@H]2[C@@H]2OC(C)(C)O[C@@H]2C#N)cc1. The van der Waals surface area contributed by atoms with Gasteiger partial charge in [-0.15, -0.1) is 0 Å². The summed E-state index contributed by atoms with van der Waals surface area (Å²) in [5.41, 5.74) is 0.929. The predicted molar refractivity (Wildman–Crippen MR) is 97.6 cm³/mol. The molecule has 0 bridgehead atoms. The highest BCUT2D eigenvalue weighted by Gasteiger charge is 2.53. The fourth-order valence-corrected chi connectivity index (χ4v) is 4.30. The van der Waals surface area contributed by atoms with Crippen LogP contribution in [0, 0.1) is 18.3 Å². The van der Waals surface area contributed by atoms with E-state index in [-0.39, 0.29) is 11.5 Å². The number of rotatable bonds is 4. The molecule has 0 aromatic heterocycles. The molecule has 2 saturated heterocycles. The molecule has 0 unspecified atom stereocenters. The molecule has 2 aliphatic heterocycles. The molecule has 9 heteroatoms. The van der Waals surface area contributed by atoms with Crippen LogP contribution in [0.1, 0.15) is 33.3 Å². The normalized spacial score (nSPS) is 32.0. The Balaban J connectivity index is 1.88. The number of nitrogens with zero attached hydrogens (tertiary/aromatic N) is 1. The zero-order valence-corrected chi connectivity index (χ0v) is 17.4. The molecule has 28 heavy (non-hydrogen) atoms. The number of ether oxygens (including phenoxy) is 4. The fourth-order valence-electron chi connectivity index (χ4n) is 3.23. The molecule has 1 aromatic rings. The van der Waals surface area contributed by atoms with E-state index in [9.17, 15) is 13.7 Å². The van der Waals surface area contributed by atoms with Gasteiger partial charge in [0, 0.05) is 0 Å². The van der Waals surface area contributed by atoms with Crippen LogP contribution in [-0.2, 0) is 33.2 Å². The van der Waals surface area contributed by atoms with Crippen LogP contribution in [0.2, 0.25) is 0 Å². The maximum Gasteiger partial charge on any atom is 0.297 e. The van der Waals surface area contributed by atoms with E-state index in [2.05, 4.69) is 0 Å². The van der Waals surface area contributed by atoms with Crippen molar-refractivity contribution in [2.75, 3.05) is 6.61 Å². The summed E-state index contributed by atoms with van der Waals surface area (Å²) in [6, 6.07) is 8.37. The van der Waals surface area contributed by atoms with Crippen LogP contribution >= 0.6 is 0 Å². The summed E-state index contributed by atoms with van der Waals surface area (Å²) >= 11 is 0. The molecule has 0 N–H and O–H groups in total. The van der Waals surface area contributed by atoms with Crippen molar-refractivity contribution in [3.05, 3.63) is 29.8 Å². The average molecular weight is 411 g/mol. The minimum Gasteiger partial charge on any atom is -0.348 e. The van der Waals surface area contributed by atoms with E-state index in [0.29, 0.717) is 0 Å². The van der Waals surface area contributed by atoms with Crippen molar-refractivity contribution in [2.24, 2.45) is 0 Å². The average Bonchev–Trinajstić information content (AvgIpc) is 2.91. The Hall–Kier alpha value is -1.54. The Labute approximate surface area is 165 Å². The third kappa shape index (κ3) is 4.54. The molecular weight excluding hydrogens is 386 g/mol. The molecule has 0 spiro atoms. The second-order valence-electron chi connectivity index (χ2n) is 7.85. The topological polar surface area (TPSA) is 104 Å². The number of nitriles is 1. The lowest BCUT2D eigenvalue weighted by Gasteiger charge is -2.42. The van der Waals surface area contributed by atoms with E-state index >= 15 is 0 Å². The fraction of sp³-hybridized carbons (Fsp3) is 0.632. The lowest BCUT2D eigenvalue weighted by Crippen LogP contribution is -2.57. The Morgan fingerprint density at radius 2 is 1.64 bits per heavy atom. The number of hydrogen-bond donors (Lipinski definition) is 0. The predicted octanol–water partition coefficient (Wildman–Crippen LogP) is 2.26. The van der Waals surface area contributed by atoms with Gasteiger partial charge < -0.3 is 18.9 Å². The molecule has 3 rings (SSSR count). The summed E-state index contributed by atoms with van der Waals surface area (Å²) < 4.78 is 53.9. The third-order valence-electron chi connectivity index (χ3n) is 4.52. The Bertz CT molecular complexity index is 857. The van der Waals surface area contributed by atoms with Crippen LogP contribution in [0.4, 0.5) is 0 Å². The highest BCUT2D eigenvalue weighted by atomic mass is 32.2. The van der Waals surface area contributed by atoms with Crippen LogP contribution in [0.25, 0.3) is 0 Å². The van der Waals surface area contributed by atoms with Gasteiger partial charge in [-0.25, -0.2) is 0 Å². The second kappa shape index (κ2) is 7.37. The second-order valence-corrected chi connectivity index (χ2v) is 9.42. The molecule has 4 atom stereocenters. The Kier molecular flexibility index (Phi) is 5.57. The van der Waals surface area contributed by atoms with E-state index in [1.54, 1.807) is 39.8 Å². The van der Waals surface area contributed by atoms with Gasteiger partial charge in [0.1, 0.15) is 18.3 Å². The van der Waals surface area contributed by atoms with E-state index in [1.807, 2.05) is 13.0 Å². The van der Waals surface area contributed by atoms with Crippen molar-refractivity contribution in [2.45, 2.75) is 75.5 Å². The Morgan fingerprint density at radius 1 is 1.04 bits per heavy atom. The molecule has 0 saturated carbocycles. The van der Waals surface area contributed by atoms with Gasteiger partial charge in [-0.1, -0.05) is 17.7 Å². The molecular formula is C19H25NO7S. The van der Waals surface area contributed by atoms with Crippen molar-refractivity contribution < 1.29 is 31.5 Å². The van der Waals surface area contributed by atoms with Crippen molar-refractivity contribution in [1.29, 1.82) is 5.26 Å². The van der Waals surface area contributed by atoms with Crippen LogP contribution in [0.3, 0.4) is 0 Å². The minimum absolute atomic E-state index is 0.0300. The molecule has 154 valence electrons. The first kappa shape index (κ1) is 21.2. The minimum atomic E-state index is -4.07. The quantitative estimate of drug-likeness (QED) is 0.695. The first-order valence-corrected chi connectivity index (χ1v) is 10.4. The van der Waals surface area contributed by atoms with Crippen molar-refractivity contribution in [3.63, 3.8) is 0 Å². The Morgan fingerprint density at radius 3 is 2.25 bits per heavy atom. The zero-order valence-electron chi connectivity index (χ0n) is 16.5. The van der Waals surface area contributed by atoms with Crippen LogP contribution in [0.5, 0.6) is 0 Å². The van der Waals surface area contributed by atoms with Crippen molar-refractivity contribution in [1.82, 2.24) is 0 Å². The smallest absolute Gasteiger partial charge is 0.297 e. The standard InChI is InChI=1S/C19H25NO7S/c1-12-6-8-13(9-7-12)28(21,22)27-15-11-23-18(2,3)25-17(15)16-14(10-20)24-19(4,5)26-16/h6-9,14-17H,11H2,1-5H3/t14-,15-,16-,17-/m1/s1. The maximum absolute atomic E-state index is 12.7. The molecule has 2 heterocycles. The molecule has 0 radical (unpaired) electrons. The largest absolute Gasteiger partial charge is 0.348 e. The van der Waals surface area contributed by atoms with Gasteiger partial charge in [0.05, 0.1) is 17.6 Å². The summed E-state index contributed by atoms with van der Waals surface area (Å²) in [6.45, 7) is 8.59. The van der Waals surface area contributed by atoms with E-state index in [0.717, 1.165) is 5.56 Å². The summed E-state index contributed by atoms with van der Waals surface area (Å²) in [5, 5.41) is 9.45. The van der Waals surface area contributed by atoms with Gasteiger partial charge in [0.25, 0.3) is 10.1 Å². The number of benzene rings is 1. The van der Waals surface area contributed by atoms with Gasteiger partial charge in [-0.05, 0) is 46.8 Å². The summed E-state index contributed by atoms with van der Waals surface area (Å²) in [7, 11) is -4.07. The lowest BCUT2D eigenvalue weighted by molar-refractivity contribution is -0.317. The number of hydrogen-bond acceptors (Lipinski definition) is 8. The van der Waals surface area contributed by atoms with E-state index in [4.69, 9.17) is 23.1 Å². The first-order valence-electron chi connectivity index (χ1n) is 8.99. The van der Waals surface area contributed by atoms with Crippen LogP contribution in [0.15, 0.2) is 29.2 Å². The summed E-state index contributed by atoms with van der Waals surface area (Å²) in [4.78, 5) is 0.0300. The van der Waals surface area contributed by atoms with Gasteiger partial charge in [0.15, 0.2) is 17.7 Å². The van der Waals surface area contributed by atoms with E-state index in [1.165, 1.54) is 12.1 Å². The van der Waals surface area contributed by atoms with Gasteiger partial charge in [0.2, 0.25) is 0 Å². The molecule has 2 aliphatic rings. The highest BCUT2D eigenvalue weighted by molar-refractivity contribution is 7.86. The lowest BCUT2D eigenvalue weighted by atomic mass is 10.0. The summed E-state index contributed by atoms with van der Waals surface area (Å²) in [6.07, 6.45) is -3.64. The third-order valence-corrected chi connectivity index (χ3v) is 5.87. The van der Waals surface area contributed by atoms with Crippen molar-refractivity contribution >= 4 is 10.1 Å². The monoisotopic (exact) mass is 411 g/mol. The molecule has 8 nitrogen and oxygen atoms in total. The van der Waals surface area contributed by atoms with Gasteiger partial charge in [-0.3, -0.25) is 4.18 Å². The molecule has 0 amide bonds. The van der Waals surface area contributed by atoms with Crippen molar-refractivity contribution in [3.8, 4) is 6.07 Å². The first-order chi connectivity index (χ1) is 12.9. The zero-order chi connectivity index (χ0) is 20.7.